The second-order valence-electron chi connectivity index (χ2n) is 5.56. The summed E-state index contributed by atoms with van der Waals surface area (Å²) in [6, 6.07) is 18.6. The van der Waals surface area contributed by atoms with E-state index in [-0.39, 0.29) is 5.91 Å². The zero-order valence-electron chi connectivity index (χ0n) is 12.9. The molecule has 1 heterocycles. The Morgan fingerprint density at radius 1 is 1.13 bits per heavy atom. The molecule has 1 aliphatic rings. The molecule has 0 spiro atoms. The van der Waals surface area contributed by atoms with Crippen LogP contribution in [0.2, 0.25) is 0 Å². The highest BCUT2D eigenvalue weighted by molar-refractivity contribution is 7.99. The summed E-state index contributed by atoms with van der Waals surface area (Å²) >= 11 is 1.63. The van der Waals surface area contributed by atoms with Gasteiger partial charge in [-0.15, -0.1) is 11.8 Å². The van der Waals surface area contributed by atoms with Gasteiger partial charge in [-0.2, -0.15) is 0 Å². The Morgan fingerprint density at radius 3 is 2.61 bits per heavy atom. The summed E-state index contributed by atoms with van der Waals surface area (Å²) in [6.45, 7) is 0.988. The third kappa shape index (κ3) is 4.82. The van der Waals surface area contributed by atoms with E-state index in [2.05, 4.69) is 40.4 Å². The Bertz CT molecular complexity index is 624. The van der Waals surface area contributed by atoms with Crippen molar-refractivity contribution >= 4 is 23.4 Å². The lowest BCUT2D eigenvalue weighted by atomic mass is 10.1. The van der Waals surface area contributed by atoms with E-state index in [9.17, 15) is 4.79 Å². The maximum atomic E-state index is 12.0. The Hall–Kier alpha value is -1.82. The molecule has 23 heavy (non-hydrogen) atoms. The highest BCUT2D eigenvalue weighted by Crippen LogP contribution is 2.21. The average Bonchev–Trinajstić information content (AvgIpc) is 3.11. The van der Waals surface area contributed by atoms with Crippen molar-refractivity contribution < 1.29 is 4.79 Å². The molecule has 3 N–H and O–H groups in total. The summed E-state index contributed by atoms with van der Waals surface area (Å²) in [7, 11) is 0. The second kappa shape index (κ2) is 8.15. The zero-order chi connectivity index (χ0) is 15.9. The highest BCUT2D eigenvalue weighted by Gasteiger charge is 2.15. The fourth-order valence-corrected chi connectivity index (χ4v) is 3.35. The first-order valence-corrected chi connectivity index (χ1v) is 8.96. The predicted molar refractivity (Wildman–Crippen MR) is 96.2 cm³/mol. The predicted octanol–water partition coefficient (Wildman–Crippen LogP) is 3.10. The third-order valence-electron chi connectivity index (χ3n) is 3.78. The van der Waals surface area contributed by atoms with Crippen LogP contribution in [0.25, 0.3) is 0 Å². The molecular formula is C18H21N3OS. The topological polar surface area (TPSA) is 53.2 Å². The lowest BCUT2D eigenvalue weighted by molar-refractivity contribution is -0.113. The second-order valence-corrected chi connectivity index (χ2v) is 6.55. The van der Waals surface area contributed by atoms with E-state index in [1.165, 1.54) is 11.1 Å². The molecule has 0 radical (unpaired) electrons. The largest absolute Gasteiger partial charge is 0.325 e. The van der Waals surface area contributed by atoms with E-state index < -0.39 is 0 Å². The minimum Gasteiger partial charge on any atom is -0.325 e. The number of amides is 1. The number of anilines is 1. The molecule has 1 saturated heterocycles. The molecule has 4 nitrogen and oxygen atoms in total. The number of hydrogen-bond donors (Lipinski definition) is 3. The van der Waals surface area contributed by atoms with Gasteiger partial charge in [-0.1, -0.05) is 42.5 Å². The van der Waals surface area contributed by atoms with Crippen molar-refractivity contribution in [3.63, 3.8) is 0 Å². The summed E-state index contributed by atoms with van der Waals surface area (Å²) in [5, 5.41) is 2.95. The van der Waals surface area contributed by atoms with Gasteiger partial charge in [-0.25, -0.2) is 0 Å². The van der Waals surface area contributed by atoms with Crippen LogP contribution in [0.1, 0.15) is 23.6 Å². The number of carbonyl (C=O) groups is 1. The van der Waals surface area contributed by atoms with Gasteiger partial charge in [0, 0.05) is 24.0 Å². The molecule has 3 rings (SSSR count). The lowest BCUT2D eigenvalue weighted by Crippen LogP contribution is -2.24. The van der Waals surface area contributed by atoms with Gasteiger partial charge >= 0.3 is 0 Å². The maximum Gasteiger partial charge on any atom is 0.234 e. The monoisotopic (exact) mass is 327 g/mol. The Balaban J connectivity index is 1.44. The number of benzene rings is 2. The lowest BCUT2D eigenvalue weighted by Gasteiger charge is -2.11. The van der Waals surface area contributed by atoms with Gasteiger partial charge in [0.05, 0.1) is 5.75 Å². The van der Waals surface area contributed by atoms with Crippen LogP contribution >= 0.6 is 11.8 Å². The molecule has 2 aromatic carbocycles. The molecule has 1 fully saturated rings. The minimum absolute atomic E-state index is 0.0411. The number of nitrogens with one attached hydrogen (secondary N) is 3. The summed E-state index contributed by atoms with van der Waals surface area (Å²) in [5.41, 5.74) is 9.70. The van der Waals surface area contributed by atoms with Crippen LogP contribution < -0.4 is 16.2 Å². The van der Waals surface area contributed by atoms with Crippen LogP contribution in [0.4, 0.5) is 5.69 Å². The number of hydrogen-bond acceptors (Lipinski definition) is 4. The average molecular weight is 327 g/mol. The molecule has 0 aromatic heterocycles. The van der Waals surface area contributed by atoms with Crippen molar-refractivity contribution in [1.29, 1.82) is 0 Å². The Kier molecular flexibility index (Phi) is 5.69. The van der Waals surface area contributed by atoms with E-state index in [1.807, 2.05) is 30.3 Å². The van der Waals surface area contributed by atoms with Crippen molar-refractivity contribution in [2.75, 3.05) is 17.6 Å². The smallest absolute Gasteiger partial charge is 0.234 e. The van der Waals surface area contributed by atoms with Gasteiger partial charge in [0.2, 0.25) is 5.91 Å². The number of hydrazine groups is 1. The molecule has 1 atom stereocenters. The molecular weight excluding hydrogens is 306 g/mol. The summed E-state index contributed by atoms with van der Waals surface area (Å²) in [4.78, 5) is 12.0. The van der Waals surface area contributed by atoms with E-state index in [0.717, 1.165) is 24.4 Å². The Morgan fingerprint density at radius 2 is 1.91 bits per heavy atom. The SMILES string of the molecule is O=C(CSCc1ccccc1)Nc1ccc(C2CCNN2)cc1. The molecule has 120 valence electrons. The van der Waals surface area contributed by atoms with E-state index in [0.29, 0.717) is 11.8 Å². The molecule has 0 saturated carbocycles. The van der Waals surface area contributed by atoms with Gasteiger partial charge < -0.3 is 5.32 Å². The number of rotatable bonds is 6. The molecule has 1 amide bonds. The standard InChI is InChI=1S/C18H21N3OS/c22-18(13-23-12-14-4-2-1-3-5-14)20-16-8-6-15(7-9-16)17-10-11-19-21-17/h1-9,17,19,21H,10-13H2,(H,20,22). The molecule has 1 aliphatic heterocycles. The van der Waals surface area contributed by atoms with E-state index >= 15 is 0 Å². The quantitative estimate of drug-likeness (QED) is 0.763. The highest BCUT2D eigenvalue weighted by atomic mass is 32.2. The van der Waals surface area contributed by atoms with E-state index in [1.54, 1.807) is 11.8 Å². The normalized spacial score (nSPS) is 17.1. The first-order chi connectivity index (χ1) is 11.3. The molecule has 0 aliphatic carbocycles. The summed E-state index contributed by atoms with van der Waals surface area (Å²) in [5.74, 6) is 1.36. The number of thioether (sulfide) groups is 1. The Labute approximate surface area is 141 Å². The fourth-order valence-electron chi connectivity index (χ4n) is 2.57. The summed E-state index contributed by atoms with van der Waals surface area (Å²) in [6.07, 6.45) is 1.09. The molecule has 2 aromatic rings. The summed E-state index contributed by atoms with van der Waals surface area (Å²) < 4.78 is 0. The van der Waals surface area contributed by atoms with Gasteiger partial charge in [0.1, 0.15) is 0 Å². The van der Waals surface area contributed by atoms with Crippen molar-refractivity contribution in [2.45, 2.75) is 18.2 Å². The maximum absolute atomic E-state index is 12.0. The van der Waals surface area contributed by atoms with Crippen molar-refractivity contribution in [1.82, 2.24) is 10.9 Å². The van der Waals surface area contributed by atoms with Gasteiger partial charge in [0.25, 0.3) is 0 Å². The van der Waals surface area contributed by atoms with Crippen LogP contribution in [0, 0.1) is 0 Å². The first-order valence-electron chi connectivity index (χ1n) is 7.81. The van der Waals surface area contributed by atoms with Gasteiger partial charge in [0.15, 0.2) is 0 Å². The van der Waals surface area contributed by atoms with Crippen LogP contribution in [-0.4, -0.2) is 18.2 Å². The van der Waals surface area contributed by atoms with Gasteiger partial charge in [-0.05, 0) is 29.7 Å². The first kappa shape index (κ1) is 16.1. The zero-order valence-corrected chi connectivity index (χ0v) is 13.7. The van der Waals surface area contributed by atoms with Crippen LogP contribution in [-0.2, 0) is 10.5 Å². The van der Waals surface area contributed by atoms with Crippen LogP contribution in [0.3, 0.4) is 0 Å². The van der Waals surface area contributed by atoms with Crippen molar-refractivity contribution in [2.24, 2.45) is 0 Å². The van der Waals surface area contributed by atoms with Crippen LogP contribution in [0.15, 0.2) is 54.6 Å². The van der Waals surface area contributed by atoms with Crippen LogP contribution in [0.5, 0.6) is 0 Å². The molecule has 5 heteroatoms. The molecule has 0 bridgehead atoms. The fraction of sp³-hybridized carbons (Fsp3) is 0.278. The van der Waals surface area contributed by atoms with Crippen molar-refractivity contribution in [3.05, 3.63) is 65.7 Å². The molecule has 1 unspecified atom stereocenters. The van der Waals surface area contributed by atoms with Gasteiger partial charge in [-0.3, -0.25) is 15.6 Å². The van der Waals surface area contributed by atoms with Crippen molar-refractivity contribution in [3.8, 4) is 0 Å². The van der Waals surface area contributed by atoms with E-state index in [4.69, 9.17) is 0 Å². The number of carbonyl (C=O) groups excluding carboxylic acids is 1. The third-order valence-corrected chi connectivity index (χ3v) is 4.78. The minimum atomic E-state index is 0.0411.